The number of aryl methyl sites for hydroxylation is 1. The van der Waals surface area contributed by atoms with Gasteiger partial charge in [-0.05, 0) is 19.1 Å². The van der Waals surface area contributed by atoms with E-state index in [2.05, 4.69) is 10.1 Å². The maximum Gasteiger partial charge on any atom is 0.276 e. The second-order valence-corrected chi connectivity index (χ2v) is 7.21. The Labute approximate surface area is 163 Å². The fraction of sp³-hybridized carbons (Fsp3) is 0.450. The Balaban J connectivity index is 1.29. The summed E-state index contributed by atoms with van der Waals surface area (Å²) in [4.78, 5) is 30.9. The maximum absolute atomic E-state index is 12.8. The molecule has 2 saturated heterocycles. The van der Waals surface area contributed by atoms with Crippen LogP contribution in [0.15, 0.2) is 34.9 Å². The number of carbonyl (C=O) groups is 2. The van der Waals surface area contributed by atoms with Gasteiger partial charge in [-0.2, -0.15) is 0 Å². The van der Waals surface area contributed by atoms with Crippen LogP contribution < -0.4 is 9.64 Å². The zero-order valence-electron chi connectivity index (χ0n) is 16.1. The monoisotopic (exact) mass is 384 g/mol. The predicted molar refractivity (Wildman–Crippen MR) is 102 cm³/mol. The number of piperazine rings is 1. The first-order chi connectivity index (χ1) is 13.6. The molecule has 4 rings (SSSR count). The Kier molecular flexibility index (Phi) is 4.93. The highest BCUT2D eigenvalue weighted by Gasteiger charge is 2.39. The second kappa shape index (κ2) is 7.53. The highest BCUT2D eigenvalue weighted by molar-refractivity contribution is 5.94. The van der Waals surface area contributed by atoms with Crippen LogP contribution >= 0.6 is 0 Å². The molecule has 2 aliphatic rings. The molecule has 0 atom stereocenters. The molecule has 0 N–H and O–H groups in total. The van der Waals surface area contributed by atoms with E-state index in [9.17, 15) is 9.59 Å². The van der Waals surface area contributed by atoms with Crippen molar-refractivity contribution < 1.29 is 18.8 Å². The Hall–Kier alpha value is -3.03. The molecule has 28 heavy (non-hydrogen) atoms. The van der Waals surface area contributed by atoms with E-state index < -0.39 is 0 Å². The molecule has 2 aliphatic heterocycles. The van der Waals surface area contributed by atoms with Gasteiger partial charge in [-0.15, -0.1) is 0 Å². The summed E-state index contributed by atoms with van der Waals surface area (Å²) in [5.41, 5.74) is 1.36. The van der Waals surface area contributed by atoms with Crippen molar-refractivity contribution in [1.82, 2.24) is 15.0 Å². The third kappa shape index (κ3) is 3.42. The van der Waals surface area contributed by atoms with E-state index in [1.54, 1.807) is 25.0 Å². The van der Waals surface area contributed by atoms with Gasteiger partial charge >= 0.3 is 0 Å². The summed E-state index contributed by atoms with van der Waals surface area (Å²) < 4.78 is 10.4. The van der Waals surface area contributed by atoms with Crippen LogP contribution in [0.5, 0.6) is 5.75 Å². The first-order valence-corrected chi connectivity index (χ1v) is 9.46. The number of ether oxygens (including phenoxy) is 1. The third-order valence-electron chi connectivity index (χ3n) is 5.38. The van der Waals surface area contributed by atoms with Crippen LogP contribution in [0.25, 0.3) is 0 Å². The van der Waals surface area contributed by atoms with Crippen molar-refractivity contribution in [3.8, 4) is 5.75 Å². The first kappa shape index (κ1) is 18.3. The molecule has 2 amide bonds. The molecule has 0 radical (unpaired) electrons. The minimum Gasteiger partial charge on any atom is -0.495 e. The van der Waals surface area contributed by atoms with Crippen molar-refractivity contribution in [3.63, 3.8) is 0 Å². The van der Waals surface area contributed by atoms with E-state index >= 15 is 0 Å². The number of amides is 2. The topological polar surface area (TPSA) is 79.1 Å². The molecule has 3 heterocycles. The fourth-order valence-corrected chi connectivity index (χ4v) is 3.75. The van der Waals surface area contributed by atoms with E-state index in [4.69, 9.17) is 9.26 Å². The normalized spacial score (nSPS) is 17.4. The van der Waals surface area contributed by atoms with Crippen molar-refractivity contribution in [3.05, 3.63) is 41.8 Å². The molecule has 0 unspecified atom stereocenters. The van der Waals surface area contributed by atoms with Gasteiger partial charge in [-0.1, -0.05) is 17.3 Å². The molecule has 2 aromatic rings. The zero-order valence-corrected chi connectivity index (χ0v) is 16.1. The summed E-state index contributed by atoms with van der Waals surface area (Å²) in [5, 5.41) is 3.75. The average Bonchev–Trinajstić information content (AvgIpc) is 3.13. The van der Waals surface area contributed by atoms with E-state index in [1.165, 1.54) is 0 Å². The maximum atomic E-state index is 12.8. The Morgan fingerprint density at radius 3 is 2.46 bits per heavy atom. The van der Waals surface area contributed by atoms with Crippen LogP contribution in [-0.4, -0.2) is 73.1 Å². The highest BCUT2D eigenvalue weighted by Crippen LogP contribution is 2.29. The second-order valence-electron chi connectivity index (χ2n) is 7.21. The number of anilines is 1. The van der Waals surface area contributed by atoms with E-state index in [0.717, 1.165) is 24.5 Å². The number of nitrogens with zero attached hydrogens (tertiary/aromatic N) is 4. The van der Waals surface area contributed by atoms with Gasteiger partial charge in [0.2, 0.25) is 5.91 Å². The third-order valence-corrected chi connectivity index (χ3v) is 5.38. The van der Waals surface area contributed by atoms with Crippen molar-refractivity contribution in [1.29, 1.82) is 0 Å². The molecule has 0 aliphatic carbocycles. The van der Waals surface area contributed by atoms with Gasteiger partial charge in [0.1, 0.15) is 11.5 Å². The van der Waals surface area contributed by atoms with Gasteiger partial charge in [0.25, 0.3) is 5.91 Å². The lowest BCUT2D eigenvalue weighted by atomic mass is 9.97. The summed E-state index contributed by atoms with van der Waals surface area (Å²) >= 11 is 0. The summed E-state index contributed by atoms with van der Waals surface area (Å²) in [6.07, 6.45) is 0. The van der Waals surface area contributed by atoms with Crippen LogP contribution in [-0.2, 0) is 4.79 Å². The summed E-state index contributed by atoms with van der Waals surface area (Å²) in [6, 6.07) is 9.55. The quantitative estimate of drug-likeness (QED) is 0.793. The van der Waals surface area contributed by atoms with E-state index in [1.807, 2.05) is 29.2 Å². The average molecular weight is 384 g/mol. The van der Waals surface area contributed by atoms with Gasteiger partial charge < -0.3 is 24.0 Å². The van der Waals surface area contributed by atoms with E-state index in [0.29, 0.717) is 37.6 Å². The predicted octanol–water partition coefficient (Wildman–Crippen LogP) is 1.41. The highest BCUT2D eigenvalue weighted by atomic mass is 16.5. The van der Waals surface area contributed by atoms with Crippen LogP contribution in [0, 0.1) is 12.8 Å². The van der Waals surface area contributed by atoms with Gasteiger partial charge in [0.05, 0.1) is 18.7 Å². The van der Waals surface area contributed by atoms with Gasteiger partial charge in [0.15, 0.2) is 5.69 Å². The lowest BCUT2D eigenvalue weighted by Gasteiger charge is -2.43. The molecule has 8 nitrogen and oxygen atoms in total. The Morgan fingerprint density at radius 2 is 1.82 bits per heavy atom. The summed E-state index contributed by atoms with van der Waals surface area (Å²) in [5.74, 6) is 1.26. The van der Waals surface area contributed by atoms with E-state index in [-0.39, 0.29) is 17.7 Å². The SMILES string of the molecule is COc1ccccc1N1CCN(C(=O)C2CN(C(=O)c3cc(C)on3)C2)CC1. The minimum atomic E-state index is -0.179. The van der Waals surface area contributed by atoms with Gasteiger partial charge in [-0.25, -0.2) is 0 Å². The number of carbonyl (C=O) groups excluding carboxylic acids is 2. The van der Waals surface area contributed by atoms with Gasteiger partial charge in [-0.3, -0.25) is 9.59 Å². The largest absolute Gasteiger partial charge is 0.495 e. The molecule has 0 spiro atoms. The van der Waals surface area contributed by atoms with Crippen molar-refractivity contribution in [2.75, 3.05) is 51.3 Å². The molecular formula is C20H24N4O4. The molecule has 0 bridgehead atoms. The number of hydrogen-bond acceptors (Lipinski definition) is 6. The molecular weight excluding hydrogens is 360 g/mol. The Bertz CT molecular complexity index is 867. The number of rotatable bonds is 4. The zero-order chi connectivity index (χ0) is 19.7. The number of para-hydroxylation sites is 2. The number of likely N-dealkylation sites (tertiary alicyclic amines) is 1. The summed E-state index contributed by atoms with van der Waals surface area (Å²) in [7, 11) is 1.67. The van der Waals surface area contributed by atoms with Crippen molar-refractivity contribution >= 4 is 17.5 Å². The number of hydrogen-bond donors (Lipinski definition) is 0. The standard InChI is InChI=1S/C20H24N4O4/c1-14-11-16(21-28-14)20(26)24-12-15(13-24)19(25)23-9-7-22(8-10-23)17-5-3-4-6-18(17)27-2/h3-6,11,15H,7-10,12-13H2,1-2H3. The lowest BCUT2D eigenvalue weighted by molar-refractivity contribution is -0.140. The van der Waals surface area contributed by atoms with Crippen LogP contribution in [0.1, 0.15) is 16.2 Å². The molecule has 8 heteroatoms. The smallest absolute Gasteiger partial charge is 0.276 e. The van der Waals surface area contributed by atoms with Crippen molar-refractivity contribution in [2.45, 2.75) is 6.92 Å². The molecule has 1 aromatic heterocycles. The van der Waals surface area contributed by atoms with Crippen LogP contribution in [0.4, 0.5) is 5.69 Å². The fourth-order valence-electron chi connectivity index (χ4n) is 3.75. The Morgan fingerprint density at radius 1 is 1.11 bits per heavy atom. The van der Waals surface area contributed by atoms with Crippen LogP contribution in [0.3, 0.4) is 0 Å². The molecule has 1 aromatic carbocycles. The number of methoxy groups -OCH3 is 1. The van der Waals surface area contributed by atoms with Crippen molar-refractivity contribution in [2.24, 2.45) is 5.92 Å². The number of benzene rings is 1. The lowest BCUT2D eigenvalue weighted by Crippen LogP contribution is -2.59. The minimum absolute atomic E-state index is 0.125. The first-order valence-electron chi connectivity index (χ1n) is 9.46. The number of aromatic nitrogens is 1. The molecule has 148 valence electrons. The molecule has 0 saturated carbocycles. The molecule has 2 fully saturated rings. The van der Waals surface area contributed by atoms with Crippen LogP contribution in [0.2, 0.25) is 0 Å². The van der Waals surface area contributed by atoms with Gasteiger partial charge in [0, 0.05) is 45.3 Å². The summed E-state index contributed by atoms with van der Waals surface area (Å²) in [6.45, 7) is 5.50.